The molecule has 4 heteroatoms. The molecule has 2 aliphatic heterocycles. The highest BCUT2D eigenvalue weighted by Gasteiger charge is 2.37. The van der Waals surface area contributed by atoms with Gasteiger partial charge < -0.3 is 14.6 Å². The van der Waals surface area contributed by atoms with Crippen LogP contribution in [0, 0.1) is 0 Å². The molecule has 2 heterocycles. The molecule has 1 N–H and O–H groups in total. The average Bonchev–Trinajstić information content (AvgIpc) is 3.58. The monoisotopic (exact) mass is 392 g/mol. The van der Waals surface area contributed by atoms with Gasteiger partial charge in [-0.15, -0.1) is 0 Å². The molecule has 4 atom stereocenters. The number of allylic oxidation sites excluding steroid dienone is 2. The number of hydrogen-bond donors (Lipinski definition) is 1. The van der Waals surface area contributed by atoms with Crippen molar-refractivity contribution < 1.29 is 19.4 Å². The lowest BCUT2D eigenvalue weighted by molar-refractivity contribution is -0.137. The van der Waals surface area contributed by atoms with Crippen LogP contribution in [0.5, 0.6) is 0 Å². The van der Waals surface area contributed by atoms with Gasteiger partial charge in [-0.25, -0.2) is 0 Å². The van der Waals surface area contributed by atoms with E-state index < -0.39 is 5.97 Å². The van der Waals surface area contributed by atoms with Crippen molar-refractivity contribution in [3.63, 3.8) is 0 Å². The second-order valence-corrected chi connectivity index (χ2v) is 8.27. The molecule has 2 fully saturated rings. The molecule has 0 aromatic carbocycles. The van der Waals surface area contributed by atoms with Crippen LogP contribution in [0.15, 0.2) is 24.3 Å². The summed E-state index contributed by atoms with van der Waals surface area (Å²) in [7, 11) is 0. The number of epoxide rings is 2. The van der Waals surface area contributed by atoms with Gasteiger partial charge in [0.1, 0.15) is 0 Å². The summed E-state index contributed by atoms with van der Waals surface area (Å²) in [6, 6.07) is 0. The highest BCUT2D eigenvalue weighted by molar-refractivity contribution is 5.66. The van der Waals surface area contributed by atoms with Crippen LogP contribution in [-0.4, -0.2) is 35.5 Å². The van der Waals surface area contributed by atoms with Crippen molar-refractivity contribution >= 4 is 5.97 Å². The number of unbranched alkanes of at least 4 members (excludes halogenated alkanes) is 6. The topological polar surface area (TPSA) is 62.4 Å². The Morgan fingerprint density at radius 1 is 0.750 bits per heavy atom. The Labute approximate surface area is 171 Å². The first-order chi connectivity index (χ1) is 13.7. The normalized spacial score (nSPS) is 26.3. The zero-order valence-corrected chi connectivity index (χ0v) is 17.7. The molecule has 0 aromatic rings. The van der Waals surface area contributed by atoms with E-state index in [0.29, 0.717) is 24.7 Å². The lowest BCUT2D eigenvalue weighted by Gasteiger charge is -1.99. The number of rotatable bonds is 18. The van der Waals surface area contributed by atoms with Gasteiger partial charge in [0.15, 0.2) is 0 Å². The average molecular weight is 393 g/mol. The second-order valence-electron chi connectivity index (χ2n) is 8.27. The molecule has 0 saturated carbocycles. The van der Waals surface area contributed by atoms with Crippen LogP contribution < -0.4 is 0 Å². The number of hydrogen-bond acceptors (Lipinski definition) is 3. The summed E-state index contributed by atoms with van der Waals surface area (Å²) < 4.78 is 11.3. The van der Waals surface area contributed by atoms with E-state index in [9.17, 15) is 4.79 Å². The molecule has 2 rings (SSSR count). The molecule has 0 bridgehead atoms. The summed E-state index contributed by atoms with van der Waals surface area (Å²) in [6.07, 6.45) is 26.0. The van der Waals surface area contributed by atoms with E-state index in [1.54, 1.807) is 0 Å². The maximum atomic E-state index is 10.5. The Hall–Kier alpha value is -1.13. The molecule has 0 spiro atoms. The Kier molecular flexibility index (Phi) is 11.5. The minimum Gasteiger partial charge on any atom is -0.481 e. The van der Waals surface area contributed by atoms with Crippen molar-refractivity contribution in [2.45, 2.75) is 121 Å². The molecule has 4 nitrogen and oxygen atoms in total. The number of carbonyl (C=O) groups is 1. The zero-order chi connectivity index (χ0) is 20.0. The Bertz CT molecular complexity index is 485. The maximum Gasteiger partial charge on any atom is 0.303 e. The largest absolute Gasteiger partial charge is 0.481 e. The van der Waals surface area contributed by atoms with Gasteiger partial charge in [0.2, 0.25) is 0 Å². The molecule has 0 amide bonds. The third kappa shape index (κ3) is 11.0. The van der Waals surface area contributed by atoms with Crippen LogP contribution in [0.4, 0.5) is 0 Å². The van der Waals surface area contributed by atoms with E-state index in [0.717, 1.165) is 25.7 Å². The van der Waals surface area contributed by atoms with Crippen LogP contribution in [0.25, 0.3) is 0 Å². The minimum atomic E-state index is -0.718. The quantitative estimate of drug-likeness (QED) is 0.171. The lowest BCUT2D eigenvalue weighted by atomic mass is 10.1. The van der Waals surface area contributed by atoms with Crippen molar-refractivity contribution in [1.29, 1.82) is 0 Å². The molecule has 4 unspecified atom stereocenters. The lowest BCUT2D eigenvalue weighted by Crippen LogP contribution is -1.97. The van der Waals surface area contributed by atoms with Crippen molar-refractivity contribution in [3.8, 4) is 0 Å². The van der Waals surface area contributed by atoms with Gasteiger partial charge in [-0.1, -0.05) is 76.2 Å². The van der Waals surface area contributed by atoms with Crippen LogP contribution >= 0.6 is 0 Å². The zero-order valence-electron chi connectivity index (χ0n) is 17.7. The van der Waals surface area contributed by atoms with Gasteiger partial charge in [0.25, 0.3) is 0 Å². The van der Waals surface area contributed by atoms with Crippen molar-refractivity contribution in [2.75, 3.05) is 0 Å². The molecular formula is C24H40O4. The fourth-order valence-corrected chi connectivity index (χ4v) is 3.77. The van der Waals surface area contributed by atoms with E-state index in [1.165, 1.54) is 51.4 Å². The van der Waals surface area contributed by atoms with Gasteiger partial charge in [0.05, 0.1) is 24.4 Å². The molecule has 2 saturated heterocycles. The van der Waals surface area contributed by atoms with Gasteiger partial charge in [-0.05, 0) is 38.5 Å². The van der Waals surface area contributed by atoms with E-state index in [-0.39, 0.29) is 12.5 Å². The van der Waals surface area contributed by atoms with E-state index in [4.69, 9.17) is 14.6 Å². The summed E-state index contributed by atoms with van der Waals surface area (Å²) in [4.78, 5) is 10.5. The third-order valence-electron chi connectivity index (χ3n) is 5.69. The first kappa shape index (κ1) is 23.2. The van der Waals surface area contributed by atoms with Crippen molar-refractivity contribution in [1.82, 2.24) is 0 Å². The fourth-order valence-electron chi connectivity index (χ4n) is 3.77. The Balaban J connectivity index is 1.35. The fraction of sp³-hybridized carbons (Fsp3) is 0.792. The molecule has 2 aliphatic rings. The van der Waals surface area contributed by atoms with Crippen LogP contribution in [0.1, 0.15) is 96.8 Å². The summed E-state index contributed by atoms with van der Waals surface area (Å²) in [5, 5.41) is 8.62. The molecule has 160 valence electrons. The predicted molar refractivity (Wildman–Crippen MR) is 114 cm³/mol. The third-order valence-corrected chi connectivity index (χ3v) is 5.69. The van der Waals surface area contributed by atoms with E-state index >= 15 is 0 Å². The van der Waals surface area contributed by atoms with Crippen molar-refractivity contribution in [3.05, 3.63) is 24.3 Å². The van der Waals surface area contributed by atoms with Crippen LogP contribution in [-0.2, 0) is 14.3 Å². The minimum absolute atomic E-state index is 0.248. The highest BCUT2D eigenvalue weighted by atomic mass is 16.6. The summed E-state index contributed by atoms with van der Waals surface area (Å²) in [5.74, 6) is -0.718. The molecule has 0 aromatic heterocycles. The summed E-state index contributed by atoms with van der Waals surface area (Å²) in [6.45, 7) is 2.27. The highest BCUT2D eigenvalue weighted by Crippen LogP contribution is 2.31. The first-order valence-corrected chi connectivity index (χ1v) is 11.5. The number of carboxylic acids is 1. The first-order valence-electron chi connectivity index (χ1n) is 11.5. The van der Waals surface area contributed by atoms with E-state index in [2.05, 4.69) is 31.2 Å². The Morgan fingerprint density at radius 2 is 1.29 bits per heavy atom. The number of carboxylic acid groups (broad SMARTS) is 1. The van der Waals surface area contributed by atoms with E-state index in [1.807, 2.05) is 0 Å². The van der Waals surface area contributed by atoms with Gasteiger partial charge in [0, 0.05) is 6.42 Å². The van der Waals surface area contributed by atoms with Crippen LogP contribution in [0.3, 0.4) is 0 Å². The van der Waals surface area contributed by atoms with Gasteiger partial charge in [-0.2, -0.15) is 0 Å². The predicted octanol–water partition coefficient (Wildman–Crippen LogP) is 6.20. The van der Waals surface area contributed by atoms with Gasteiger partial charge in [-0.3, -0.25) is 4.79 Å². The standard InChI is InChI=1S/C24H40O4/c1-2-3-4-5-6-8-11-15-20-21(27-20)16-12-9-7-10-13-17-22-23(28-22)18-14-19-24(25)26/h9-10,12-13,20-23H,2-8,11,14-19H2,1H3,(H,25,26)/b12-9+,13-10+. The maximum absolute atomic E-state index is 10.5. The number of aliphatic carboxylic acids is 1. The molecule has 0 radical (unpaired) electrons. The molecule has 0 aliphatic carbocycles. The van der Waals surface area contributed by atoms with Gasteiger partial charge >= 0.3 is 5.97 Å². The SMILES string of the molecule is CCCCCCCCCC1OC1C/C=C/C/C=C/CC1OC1CCCC(=O)O. The summed E-state index contributed by atoms with van der Waals surface area (Å²) in [5.41, 5.74) is 0. The molecule has 28 heavy (non-hydrogen) atoms. The second kappa shape index (κ2) is 13.9. The number of ether oxygens (including phenoxy) is 2. The van der Waals surface area contributed by atoms with Crippen LogP contribution in [0.2, 0.25) is 0 Å². The smallest absolute Gasteiger partial charge is 0.303 e. The summed E-state index contributed by atoms with van der Waals surface area (Å²) >= 11 is 0. The van der Waals surface area contributed by atoms with Crippen molar-refractivity contribution in [2.24, 2.45) is 0 Å². The molecular weight excluding hydrogens is 352 g/mol. The Morgan fingerprint density at radius 3 is 1.86 bits per heavy atom.